The maximum atomic E-state index is 11.0. The van der Waals surface area contributed by atoms with E-state index >= 15 is 0 Å². The van der Waals surface area contributed by atoms with Gasteiger partial charge in [0.25, 0.3) is 0 Å². The fraction of sp³-hybridized carbons (Fsp3) is 0.842. The summed E-state index contributed by atoms with van der Waals surface area (Å²) in [6.45, 7) is 2.28. The van der Waals surface area contributed by atoms with Crippen molar-refractivity contribution >= 4 is 5.97 Å². The molecule has 1 rings (SSSR count). The van der Waals surface area contributed by atoms with Crippen LogP contribution in [0.2, 0.25) is 0 Å². The predicted molar refractivity (Wildman–Crippen MR) is 89.3 cm³/mol. The van der Waals surface area contributed by atoms with Crippen LogP contribution in [-0.4, -0.2) is 13.1 Å². The van der Waals surface area contributed by atoms with Gasteiger partial charge < -0.3 is 4.74 Å². The summed E-state index contributed by atoms with van der Waals surface area (Å²) in [5.74, 6) is 0.817. The molecule has 1 aliphatic rings. The second-order valence-electron chi connectivity index (χ2n) is 6.39. The Hall–Kier alpha value is -0.790. The Morgan fingerprint density at radius 3 is 2.67 bits per heavy atom. The van der Waals surface area contributed by atoms with E-state index in [-0.39, 0.29) is 5.97 Å². The third-order valence-electron chi connectivity index (χ3n) is 4.68. The standard InChI is InChI=1S/C19H34O2/c1-3-4-5-8-12-17-14-11-15-18(17)13-9-6-7-10-16-19(20)21-2/h15,17H,3-14,16H2,1-2H3. The van der Waals surface area contributed by atoms with Gasteiger partial charge in [-0.1, -0.05) is 57.1 Å². The molecule has 0 aromatic rings. The predicted octanol–water partition coefficient (Wildman–Crippen LogP) is 5.81. The van der Waals surface area contributed by atoms with Gasteiger partial charge in [-0.3, -0.25) is 4.79 Å². The highest BCUT2D eigenvalue weighted by molar-refractivity contribution is 5.68. The van der Waals surface area contributed by atoms with Crippen LogP contribution in [-0.2, 0) is 9.53 Å². The van der Waals surface area contributed by atoms with Crippen molar-refractivity contribution in [2.24, 2.45) is 5.92 Å². The van der Waals surface area contributed by atoms with E-state index in [1.54, 1.807) is 5.57 Å². The minimum atomic E-state index is -0.0688. The highest BCUT2D eigenvalue weighted by atomic mass is 16.5. The molecule has 0 amide bonds. The Bertz CT molecular complexity index is 307. The van der Waals surface area contributed by atoms with Crippen LogP contribution in [0.1, 0.15) is 90.4 Å². The van der Waals surface area contributed by atoms with Gasteiger partial charge in [0.15, 0.2) is 0 Å². The SMILES string of the molecule is CCCCCCC1CCC=C1CCCCCCC(=O)OC. The van der Waals surface area contributed by atoms with Crippen molar-refractivity contribution in [2.75, 3.05) is 7.11 Å². The van der Waals surface area contributed by atoms with Gasteiger partial charge in [0, 0.05) is 6.42 Å². The first-order chi connectivity index (χ1) is 10.3. The van der Waals surface area contributed by atoms with Crippen LogP contribution >= 0.6 is 0 Å². The highest BCUT2D eigenvalue weighted by Crippen LogP contribution is 2.33. The quantitative estimate of drug-likeness (QED) is 0.258. The zero-order valence-electron chi connectivity index (χ0n) is 14.2. The number of ether oxygens (including phenoxy) is 1. The Morgan fingerprint density at radius 2 is 1.90 bits per heavy atom. The molecule has 0 saturated carbocycles. The summed E-state index contributed by atoms with van der Waals surface area (Å²) in [5, 5.41) is 0. The molecule has 0 heterocycles. The van der Waals surface area contributed by atoms with Crippen LogP contribution in [0, 0.1) is 5.92 Å². The number of methoxy groups -OCH3 is 1. The van der Waals surface area contributed by atoms with Crippen LogP contribution in [0.5, 0.6) is 0 Å². The van der Waals surface area contributed by atoms with Gasteiger partial charge in [-0.05, 0) is 44.4 Å². The first-order valence-corrected chi connectivity index (χ1v) is 9.03. The average Bonchev–Trinajstić information content (AvgIpc) is 2.94. The number of carbonyl (C=O) groups excluding carboxylic acids is 1. The molecule has 0 aromatic heterocycles. The van der Waals surface area contributed by atoms with Crippen molar-refractivity contribution in [2.45, 2.75) is 90.4 Å². The molecule has 122 valence electrons. The Kier molecular flexibility index (Phi) is 10.3. The van der Waals surface area contributed by atoms with Gasteiger partial charge in [0.05, 0.1) is 7.11 Å². The molecule has 0 radical (unpaired) electrons. The Morgan fingerprint density at radius 1 is 1.14 bits per heavy atom. The Balaban J connectivity index is 2.03. The average molecular weight is 294 g/mol. The molecule has 0 bridgehead atoms. The molecule has 0 aliphatic heterocycles. The molecule has 1 atom stereocenters. The number of unbranched alkanes of at least 4 members (excludes halogenated alkanes) is 6. The molecule has 2 heteroatoms. The van der Waals surface area contributed by atoms with Gasteiger partial charge in [-0.15, -0.1) is 0 Å². The number of esters is 1. The smallest absolute Gasteiger partial charge is 0.305 e. The summed E-state index contributed by atoms with van der Waals surface area (Å²) in [7, 11) is 1.47. The summed E-state index contributed by atoms with van der Waals surface area (Å²) < 4.78 is 4.66. The Labute approximate surface area is 131 Å². The van der Waals surface area contributed by atoms with Crippen molar-refractivity contribution < 1.29 is 9.53 Å². The van der Waals surface area contributed by atoms with Gasteiger partial charge in [-0.2, -0.15) is 0 Å². The van der Waals surface area contributed by atoms with E-state index in [0.717, 1.165) is 18.8 Å². The molecule has 0 aromatic carbocycles. The van der Waals surface area contributed by atoms with Gasteiger partial charge in [0.2, 0.25) is 0 Å². The number of allylic oxidation sites excluding steroid dienone is 2. The second kappa shape index (κ2) is 11.8. The number of rotatable bonds is 12. The molecule has 2 nitrogen and oxygen atoms in total. The molecule has 0 fully saturated rings. The summed E-state index contributed by atoms with van der Waals surface area (Å²) in [6, 6.07) is 0. The van der Waals surface area contributed by atoms with Crippen molar-refractivity contribution in [3.8, 4) is 0 Å². The van der Waals surface area contributed by atoms with Gasteiger partial charge in [-0.25, -0.2) is 0 Å². The van der Waals surface area contributed by atoms with Crippen molar-refractivity contribution in [1.82, 2.24) is 0 Å². The fourth-order valence-corrected chi connectivity index (χ4v) is 3.33. The minimum Gasteiger partial charge on any atom is -0.469 e. The lowest BCUT2D eigenvalue weighted by Crippen LogP contribution is -2.00. The number of hydrogen-bond acceptors (Lipinski definition) is 2. The lowest BCUT2D eigenvalue weighted by Gasteiger charge is -2.15. The second-order valence-corrected chi connectivity index (χ2v) is 6.39. The molecule has 1 unspecified atom stereocenters. The summed E-state index contributed by atoms with van der Waals surface area (Å²) >= 11 is 0. The first kappa shape index (κ1) is 18.3. The number of carbonyl (C=O) groups is 1. The first-order valence-electron chi connectivity index (χ1n) is 9.03. The molecular formula is C19H34O2. The summed E-state index contributed by atoms with van der Waals surface area (Å²) in [5.41, 5.74) is 1.74. The van der Waals surface area contributed by atoms with Gasteiger partial charge in [0.1, 0.15) is 0 Å². The van der Waals surface area contributed by atoms with Crippen molar-refractivity contribution in [3.05, 3.63) is 11.6 Å². The van der Waals surface area contributed by atoms with Crippen molar-refractivity contribution in [3.63, 3.8) is 0 Å². The lowest BCUT2D eigenvalue weighted by molar-refractivity contribution is -0.140. The fourth-order valence-electron chi connectivity index (χ4n) is 3.33. The lowest BCUT2D eigenvalue weighted by atomic mass is 9.91. The topological polar surface area (TPSA) is 26.3 Å². The van der Waals surface area contributed by atoms with Crippen molar-refractivity contribution in [1.29, 1.82) is 0 Å². The van der Waals surface area contributed by atoms with Crippen LogP contribution in [0.15, 0.2) is 11.6 Å². The molecular weight excluding hydrogens is 260 g/mol. The van der Waals surface area contributed by atoms with Crippen LogP contribution in [0.4, 0.5) is 0 Å². The van der Waals surface area contributed by atoms with Crippen LogP contribution in [0.3, 0.4) is 0 Å². The molecule has 0 saturated heterocycles. The molecule has 0 N–H and O–H groups in total. The van der Waals surface area contributed by atoms with E-state index in [4.69, 9.17) is 0 Å². The van der Waals surface area contributed by atoms with Gasteiger partial charge >= 0.3 is 5.97 Å². The van der Waals surface area contributed by atoms with E-state index in [2.05, 4.69) is 17.7 Å². The van der Waals surface area contributed by atoms with Crippen LogP contribution in [0.25, 0.3) is 0 Å². The zero-order chi connectivity index (χ0) is 15.3. The van der Waals surface area contributed by atoms with E-state index in [1.807, 2.05) is 0 Å². The third-order valence-corrected chi connectivity index (χ3v) is 4.68. The van der Waals surface area contributed by atoms with E-state index in [9.17, 15) is 4.79 Å². The maximum absolute atomic E-state index is 11.0. The largest absolute Gasteiger partial charge is 0.469 e. The summed E-state index contributed by atoms with van der Waals surface area (Å²) in [6.07, 6.45) is 18.7. The van der Waals surface area contributed by atoms with E-state index in [0.29, 0.717) is 6.42 Å². The summed E-state index contributed by atoms with van der Waals surface area (Å²) in [4.78, 5) is 11.0. The maximum Gasteiger partial charge on any atom is 0.305 e. The van der Waals surface area contributed by atoms with E-state index < -0.39 is 0 Å². The molecule has 21 heavy (non-hydrogen) atoms. The zero-order valence-corrected chi connectivity index (χ0v) is 14.2. The minimum absolute atomic E-state index is 0.0688. The monoisotopic (exact) mass is 294 g/mol. The van der Waals surface area contributed by atoms with Crippen LogP contribution < -0.4 is 0 Å². The van der Waals surface area contributed by atoms with E-state index in [1.165, 1.54) is 71.3 Å². The number of hydrogen-bond donors (Lipinski definition) is 0. The highest BCUT2D eigenvalue weighted by Gasteiger charge is 2.17. The normalized spacial score (nSPS) is 17.8. The molecule has 0 spiro atoms. The molecule has 1 aliphatic carbocycles. The third kappa shape index (κ3) is 8.28.